The number of para-hydroxylation sites is 1. The number of nitrogens with zero attached hydrogens (tertiary/aromatic N) is 4. The van der Waals surface area contributed by atoms with Crippen LogP contribution in [0.15, 0.2) is 65.8 Å². The van der Waals surface area contributed by atoms with E-state index in [9.17, 15) is 4.79 Å². The van der Waals surface area contributed by atoms with Gasteiger partial charge < -0.3 is 4.74 Å². The summed E-state index contributed by atoms with van der Waals surface area (Å²) in [5, 5.41) is 9.02. The van der Waals surface area contributed by atoms with Crippen LogP contribution in [0.1, 0.15) is 21.9 Å². The molecule has 2 aromatic heterocycles. The van der Waals surface area contributed by atoms with Crippen LogP contribution in [0.4, 0.5) is 0 Å². The molecular formula is C21H18N4O2S. The lowest BCUT2D eigenvalue weighted by Crippen LogP contribution is -2.04. The lowest BCUT2D eigenvalue weighted by molar-refractivity contribution is 0.102. The number of Topliss-reactive ketones (excluding diaryl/α,β-unsaturated/α-hetero) is 1. The maximum atomic E-state index is 12.5. The maximum Gasteiger partial charge on any atom is 0.197 e. The van der Waals surface area contributed by atoms with Crippen molar-refractivity contribution in [2.45, 2.75) is 19.0 Å². The molecule has 0 radical (unpaired) electrons. The first-order valence-electron chi connectivity index (χ1n) is 8.78. The van der Waals surface area contributed by atoms with Crippen molar-refractivity contribution in [3.63, 3.8) is 0 Å². The topological polar surface area (TPSA) is 69.4 Å². The molecule has 0 unspecified atom stereocenters. The highest BCUT2D eigenvalue weighted by atomic mass is 32.2. The second kappa shape index (κ2) is 7.82. The van der Waals surface area contributed by atoms with Crippen LogP contribution in [0.25, 0.3) is 5.65 Å². The van der Waals surface area contributed by atoms with Crippen molar-refractivity contribution in [2.24, 2.45) is 0 Å². The van der Waals surface area contributed by atoms with E-state index in [1.165, 1.54) is 11.8 Å². The Bertz CT molecular complexity index is 1120. The summed E-state index contributed by atoms with van der Waals surface area (Å²) >= 11 is 1.35. The minimum atomic E-state index is 0.0192. The van der Waals surface area contributed by atoms with Crippen molar-refractivity contribution < 1.29 is 9.53 Å². The number of ether oxygens (including phenoxy) is 1. The molecule has 2 aromatic carbocycles. The van der Waals surface area contributed by atoms with Crippen LogP contribution >= 0.6 is 11.8 Å². The van der Waals surface area contributed by atoms with Crippen LogP contribution in [0.5, 0.6) is 11.5 Å². The first-order chi connectivity index (χ1) is 13.6. The highest BCUT2D eigenvalue weighted by Gasteiger charge is 2.13. The van der Waals surface area contributed by atoms with Crippen molar-refractivity contribution in [3.8, 4) is 11.5 Å². The Morgan fingerprint density at radius 3 is 2.46 bits per heavy atom. The highest BCUT2D eigenvalue weighted by molar-refractivity contribution is 7.99. The molecule has 0 aliphatic heterocycles. The van der Waals surface area contributed by atoms with Gasteiger partial charge in [-0.25, -0.2) is 4.98 Å². The molecule has 0 aliphatic rings. The van der Waals surface area contributed by atoms with Gasteiger partial charge in [-0.15, -0.1) is 10.2 Å². The molecule has 140 valence electrons. The number of thioether (sulfide) groups is 1. The molecule has 0 amide bonds. The number of hydrogen-bond donors (Lipinski definition) is 0. The number of hydrogen-bond acceptors (Lipinski definition) is 6. The third-order valence-electron chi connectivity index (χ3n) is 4.15. The Morgan fingerprint density at radius 2 is 1.71 bits per heavy atom. The molecule has 0 saturated carbocycles. The standard InChI is InChI=1S/C21H18N4O2S/c1-14-12-20-23-24-21(25(20)15(2)22-14)28-13-19(26)16-8-10-18(11-9-16)27-17-6-4-3-5-7-17/h3-12H,13H2,1-2H3. The second-order valence-electron chi connectivity index (χ2n) is 6.27. The fourth-order valence-corrected chi connectivity index (χ4v) is 3.72. The fourth-order valence-electron chi connectivity index (χ4n) is 2.84. The molecule has 6 nitrogen and oxygen atoms in total. The second-order valence-corrected chi connectivity index (χ2v) is 7.21. The zero-order chi connectivity index (χ0) is 19.5. The van der Waals surface area contributed by atoms with Crippen LogP contribution in [0.2, 0.25) is 0 Å². The summed E-state index contributed by atoms with van der Waals surface area (Å²) in [5.41, 5.74) is 2.26. The minimum Gasteiger partial charge on any atom is -0.457 e. The minimum absolute atomic E-state index is 0.0192. The van der Waals surface area contributed by atoms with E-state index >= 15 is 0 Å². The van der Waals surface area contributed by atoms with Gasteiger partial charge in [0, 0.05) is 17.3 Å². The summed E-state index contributed by atoms with van der Waals surface area (Å²) in [5.74, 6) is 2.54. The molecule has 0 bridgehead atoms. The zero-order valence-corrected chi connectivity index (χ0v) is 16.3. The number of aromatic nitrogens is 4. The van der Waals surface area contributed by atoms with Gasteiger partial charge in [0.05, 0.1) is 5.75 Å². The van der Waals surface area contributed by atoms with Crippen molar-refractivity contribution in [1.29, 1.82) is 0 Å². The van der Waals surface area contributed by atoms with E-state index in [2.05, 4.69) is 15.2 Å². The summed E-state index contributed by atoms with van der Waals surface area (Å²) in [7, 11) is 0. The number of fused-ring (bicyclic) bond motifs is 1. The molecular weight excluding hydrogens is 372 g/mol. The van der Waals surface area contributed by atoms with Crippen LogP contribution in [-0.2, 0) is 0 Å². The van der Waals surface area contributed by atoms with Gasteiger partial charge in [-0.2, -0.15) is 0 Å². The number of ketones is 1. The summed E-state index contributed by atoms with van der Waals surface area (Å²) in [6.07, 6.45) is 0. The molecule has 0 atom stereocenters. The number of carbonyl (C=O) groups is 1. The fraction of sp³-hybridized carbons (Fsp3) is 0.143. The summed E-state index contributed by atoms with van der Waals surface area (Å²) in [6.45, 7) is 3.82. The number of benzene rings is 2. The van der Waals surface area contributed by atoms with Crippen molar-refractivity contribution in [3.05, 3.63) is 77.7 Å². The normalized spacial score (nSPS) is 10.9. The van der Waals surface area contributed by atoms with Gasteiger partial charge in [0.25, 0.3) is 0 Å². The van der Waals surface area contributed by atoms with E-state index in [0.717, 1.165) is 22.9 Å². The zero-order valence-electron chi connectivity index (χ0n) is 15.5. The van der Waals surface area contributed by atoms with Crippen molar-refractivity contribution >= 4 is 23.2 Å². The largest absolute Gasteiger partial charge is 0.457 e. The summed E-state index contributed by atoms with van der Waals surface area (Å²) in [4.78, 5) is 17.0. The first-order valence-corrected chi connectivity index (χ1v) is 9.77. The van der Waals surface area contributed by atoms with Gasteiger partial charge in [0.2, 0.25) is 0 Å². The van der Waals surface area contributed by atoms with Crippen molar-refractivity contribution in [1.82, 2.24) is 19.6 Å². The molecule has 4 rings (SSSR count). The Kier molecular flexibility index (Phi) is 5.08. The Morgan fingerprint density at radius 1 is 1.00 bits per heavy atom. The lowest BCUT2D eigenvalue weighted by Gasteiger charge is -2.06. The predicted molar refractivity (Wildman–Crippen MR) is 108 cm³/mol. The summed E-state index contributed by atoms with van der Waals surface area (Å²) in [6, 6.07) is 18.6. The molecule has 2 heterocycles. The first kappa shape index (κ1) is 18.2. The van der Waals surface area contributed by atoms with E-state index in [1.807, 2.05) is 54.6 Å². The Hall–Kier alpha value is -3.19. The number of rotatable bonds is 6. The Labute approximate surface area is 166 Å². The maximum absolute atomic E-state index is 12.5. The predicted octanol–water partition coefficient (Wildman–Crippen LogP) is 4.51. The van der Waals surface area contributed by atoms with Gasteiger partial charge in [0.15, 0.2) is 16.6 Å². The van der Waals surface area contributed by atoms with Gasteiger partial charge in [-0.3, -0.25) is 9.20 Å². The SMILES string of the molecule is Cc1cc2nnc(SCC(=O)c3ccc(Oc4ccccc4)cc3)n2c(C)n1. The number of carbonyl (C=O) groups excluding carboxylic acids is 1. The van der Waals surface area contributed by atoms with E-state index in [4.69, 9.17) is 4.74 Å². The molecule has 7 heteroatoms. The van der Waals surface area contributed by atoms with Crippen molar-refractivity contribution in [2.75, 3.05) is 5.75 Å². The number of aryl methyl sites for hydroxylation is 2. The molecule has 0 saturated heterocycles. The molecule has 0 N–H and O–H groups in total. The van der Waals surface area contributed by atoms with E-state index < -0.39 is 0 Å². The van der Waals surface area contributed by atoms with Gasteiger partial charge in [0.1, 0.15) is 17.3 Å². The lowest BCUT2D eigenvalue weighted by atomic mass is 10.1. The third-order valence-corrected chi connectivity index (χ3v) is 5.07. The monoisotopic (exact) mass is 390 g/mol. The summed E-state index contributed by atoms with van der Waals surface area (Å²) < 4.78 is 7.62. The van der Waals surface area contributed by atoms with Crippen LogP contribution in [0, 0.1) is 13.8 Å². The average Bonchev–Trinajstić information content (AvgIpc) is 3.10. The van der Waals surface area contributed by atoms with E-state index in [0.29, 0.717) is 16.5 Å². The average molecular weight is 390 g/mol. The third kappa shape index (κ3) is 3.89. The van der Waals surface area contributed by atoms with E-state index in [-0.39, 0.29) is 11.5 Å². The smallest absolute Gasteiger partial charge is 0.197 e. The molecule has 0 fully saturated rings. The van der Waals surface area contributed by atoms with Crippen LogP contribution < -0.4 is 4.74 Å². The molecule has 0 aliphatic carbocycles. The quantitative estimate of drug-likeness (QED) is 0.356. The van der Waals surface area contributed by atoms with Gasteiger partial charge in [-0.05, 0) is 50.2 Å². The molecule has 28 heavy (non-hydrogen) atoms. The van der Waals surface area contributed by atoms with Gasteiger partial charge in [-0.1, -0.05) is 30.0 Å². The highest BCUT2D eigenvalue weighted by Crippen LogP contribution is 2.23. The Balaban J connectivity index is 1.43. The van der Waals surface area contributed by atoms with Crippen LogP contribution in [0.3, 0.4) is 0 Å². The molecule has 4 aromatic rings. The molecule has 0 spiro atoms. The van der Waals surface area contributed by atoms with E-state index in [1.54, 1.807) is 24.3 Å². The van der Waals surface area contributed by atoms with Crippen LogP contribution in [-0.4, -0.2) is 31.1 Å². The van der Waals surface area contributed by atoms with Gasteiger partial charge >= 0.3 is 0 Å².